The van der Waals surface area contributed by atoms with E-state index in [1.165, 1.54) is 16.7 Å². The Morgan fingerprint density at radius 2 is 2.00 bits per heavy atom. The van der Waals surface area contributed by atoms with Gasteiger partial charge in [0.15, 0.2) is 0 Å². The first-order chi connectivity index (χ1) is 8.02. The van der Waals surface area contributed by atoms with E-state index in [-0.39, 0.29) is 6.04 Å². The SMILES string of the molecule is COCC(N)CN(C)Cc1ccc(C)c(C)c1. The summed E-state index contributed by atoms with van der Waals surface area (Å²) in [6.07, 6.45) is 0. The molecule has 17 heavy (non-hydrogen) atoms. The first kappa shape index (κ1) is 14.2. The molecule has 3 nitrogen and oxygen atoms in total. The van der Waals surface area contributed by atoms with E-state index in [2.05, 4.69) is 44.0 Å². The van der Waals surface area contributed by atoms with Crippen LogP contribution in [-0.4, -0.2) is 38.3 Å². The summed E-state index contributed by atoms with van der Waals surface area (Å²) in [6, 6.07) is 6.68. The van der Waals surface area contributed by atoms with Crippen molar-refractivity contribution in [2.45, 2.75) is 26.4 Å². The number of ether oxygens (including phenoxy) is 1. The second-order valence-electron chi connectivity index (χ2n) is 4.83. The summed E-state index contributed by atoms with van der Waals surface area (Å²) in [5.41, 5.74) is 9.94. The van der Waals surface area contributed by atoms with Gasteiger partial charge in [0.2, 0.25) is 0 Å². The third-order valence-corrected chi connectivity index (χ3v) is 2.95. The topological polar surface area (TPSA) is 38.5 Å². The molecule has 3 heteroatoms. The van der Waals surface area contributed by atoms with Gasteiger partial charge in [-0.05, 0) is 37.6 Å². The molecule has 0 aliphatic carbocycles. The number of hydrogen-bond acceptors (Lipinski definition) is 3. The predicted molar refractivity (Wildman–Crippen MR) is 72.1 cm³/mol. The zero-order valence-electron chi connectivity index (χ0n) is 11.4. The van der Waals surface area contributed by atoms with Gasteiger partial charge in [-0.15, -0.1) is 0 Å². The maximum atomic E-state index is 5.93. The maximum absolute atomic E-state index is 5.93. The molecule has 0 bridgehead atoms. The van der Waals surface area contributed by atoms with Crippen LogP contribution in [-0.2, 0) is 11.3 Å². The quantitative estimate of drug-likeness (QED) is 0.817. The normalized spacial score (nSPS) is 13.1. The van der Waals surface area contributed by atoms with Crippen LogP contribution in [0.5, 0.6) is 0 Å². The summed E-state index contributed by atoms with van der Waals surface area (Å²) in [7, 11) is 3.77. The highest BCUT2D eigenvalue weighted by atomic mass is 16.5. The minimum atomic E-state index is 0.0801. The van der Waals surface area contributed by atoms with Gasteiger partial charge in [-0.1, -0.05) is 18.2 Å². The number of hydrogen-bond donors (Lipinski definition) is 1. The molecule has 0 fully saturated rings. The van der Waals surface area contributed by atoms with E-state index in [4.69, 9.17) is 10.5 Å². The van der Waals surface area contributed by atoms with Crippen LogP contribution in [0.15, 0.2) is 18.2 Å². The van der Waals surface area contributed by atoms with E-state index in [1.54, 1.807) is 7.11 Å². The summed E-state index contributed by atoms with van der Waals surface area (Å²) >= 11 is 0. The predicted octanol–water partition coefficient (Wildman–Crippen LogP) is 1.71. The van der Waals surface area contributed by atoms with Gasteiger partial charge >= 0.3 is 0 Å². The molecule has 0 aliphatic rings. The van der Waals surface area contributed by atoms with Crippen molar-refractivity contribution in [3.63, 3.8) is 0 Å². The lowest BCUT2D eigenvalue weighted by atomic mass is 10.1. The molecular formula is C14H24N2O. The van der Waals surface area contributed by atoms with Crippen LogP contribution in [0.4, 0.5) is 0 Å². The summed E-state index contributed by atoms with van der Waals surface area (Å²) < 4.78 is 5.04. The first-order valence-corrected chi connectivity index (χ1v) is 6.02. The summed E-state index contributed by atoms with van der Waals surface area (Å²) in [5.74, 6) is 0. The molecule has 0 saturated heterocycles. The van der Waals surface area contributed by atoms with Gasteiger partial charge < -0.3 is 15.4 Å². The minimum Gasteiger partial charge on any atom is -0.383 e. The van der Waals surface area contributed by atoms with Gasteiger partial charge in [0, 0.05) is 26.2 Å². The fraction of sp³-hybridized carbons (Fsp3) is 0.571. The van der Waals surface area contributed by atoms with Gasteiger partial charge in [0.1, 0.15) is 0 Å². The van der Waals surface area contributed by atoms with Crippen LogP contribution < -0.4 is 5.73 Å². The zero-order chi connectivity index (χ0) is 12.8. The van der Waals surface area contributed by atoms with Crippen LogP contribution in [0.3, 0.4) is 0 Å². The molecule has 1 atom stereocenters. The minimum absolute atomic E-state index is 0.0801. The average Bonchev–Trinajstić information content (AvgIpc) is 2.23. The van der Waals surface area contributed by atoms with E-state index in [1.807, 2.05) is 0 Å². The average molecular weight is 236 g/mol. The second kappa shape index (κ2) is 6.74. The summed E-state index contributed by atoms with van der Waals surface area (Å²) in [6.45, 7) is 6.67. The van der Waals surface area contributed by atoms with Crippen LogP contribution in [0.1, 0.15) is 16.7 Å². The molecule has 0 aliphatic heterocycles. The van der Waals surface area contributed by atoms with Crippen LogP contribution >= 0.6 is 0 Å². The van der Waals surface area contributed by atoms with E-state index in [9.17, 15) is 0 Å². The molecule has 96 valence electrons. The highest BCUT2D eigenvalue weighted by molar-refractivity contribution is 5.29. The molecule has 1 unspecified atom stereocenters. The Labute approximate surface area is 105 Å². The van der Waals surface area contributed by atoms with Crippen molar-refractivity contribution in [2.24, 2.45) is 5.73 Å². The number of aryl methyl sites for hydroxylation is 2. The van der Waals surface area contributed by atoms with E-state index < -0.39 is 0 Å². The van der Waals surface area contributed by atoms with Gasteiger partial charge in [-0.2, -0.15) is 0 Å². The fourth-order valence-electron chi connectivity index (χ4n) is 1.95. The van der Waals surface area contributed by atoms with Crippen LogP contribution in [0.25, 0.3) is 0 Å². The zero-order valence-corrected chi connectivity index (χ0v) is 11.4. The fourth-order valence-corrected chi connectivity index (χ4v) is 1.95. The Balaban J connectivity index is 2.50. The number of nitrogens with two attached hydrogens (primary N) is 1. The largest absolute Gasteiger partial charge is 0.383 e. The van der Waals surface area contributed by atoms with Crippen molar-refractivity contribution < 1.29 is 4.74 Å². The molecule has 1 aromatic carbocycles. The lowest BCUT2D eigenvalue weighted by molar-refractivity contribution is 0.160. The number of likely N-dealkylation sites (N-methyl/N-ethyl adjacent to an activating group) is 1. The van der Waals surface area contributed by atoms with Gasteiger partial charge in [-0.3, -0.25) is 0 Å². The lowest BCUT2D eigenvalue weighted by Crippen LogP contribution is -2.38. The second-order valence-corrected chi connectivity index (χ2v) is 4.83. The monoisotopic (exact) mass is 236 g/mol. The number of nitrogens with zero attached hydrogens (tertiary/aromatic N) is 1. The van der Waals surface area contributed by atoms with Crippen molar-refractivity contribution in [1.82, 2.24) is 4.90 Å². The van der Waals surface area contributed by atoms with E-state index >= 15 is 0 Å². The molecule has 0 spiro atoms. The molecule has 0 amide bonds. The molecule has 1 rings (SSSR count). The number of benzene rings is 1. The van der Waals surface area contributed by atoms with E-state index in [0.29, 0.717) is 6.61 Å². The molecular weight excluding hydrogens is 212 g/mol. The smallest absolute Gasteiger partial charge is 0.0626 e. The van der Waals surface area contributed by atoms with Crippen molar-refractivity contribution in [2.75, 3.05) is 27.3 Å². The Hall–Kier alpha value is -0.900. The number of methoxy groups -OCH3 is 1. The van der Waals surface area contributed by atoms with Gasteiger partial charge in [0.05, 0.1) is 6.61 Å². The van der Waals surface area contributed by atoms with Crippen LogP contribution in [0.2, 0.25) is 0 Å². The van der Waals surface area contributed by atoms with Gasteiger partial charge in [0.25, 0.3) is 0 Å². The standard InChI is InChI=1S/C14H24N2O/c1-11-5-6-13(7-12(11)2)8-16(3)9-14(15)10-17-4/h5-7,14H,8-10,15H2,1-4H3. The first-order valence-electron chi connectivity index (χ1n) is 6.02. The maximum Gasteiger partial charge on any atom is 0.0626 e. The molecule has 0 heterocycles. The number of rotatable bonds is 6. The Morgan fingerprint density at radius 1 is 1.29 bits per heavy atom. The van der Waals surface area contributed by atoms with Crippen LogP contribution in [0, 0.1) is 13.8 Å². The van der Waals surface area contributed by atoms with Gasteiger partial charge in [-0.25, -0.2) is 0 Å². The molecule has 0 aromatic heterocycles. The summed E-state index contributed by atoms with van der Waals surface area (Å²) in [5, 5.41) is 0. The molecule has 0 radical (unpaired) electrons. The highest BCUT2D eigenvalue weighted by Crippen LogP contribution is 2.11. The highest BCUT2D eigenvalue weighted by Gasteiger charge is 2.07. The Morgan fingerprint density at radius 3 is 2.59 bits per heavy atom. The Kier molecular flexibility index (Phi) is 5.62. The molecule has 2 N–H and O–H groups in total. The molecule has 1 aromatic rings. The summed E-state index contributed by atoms with van der Waals surface area (Å²) in [4.78, 5) is 2.23. The van der Waals surface area contributed by atoms with Crippen molar-refractivity contribution >= 4 is 0 Å². The lowest BCUT2D eigenvalue weighted by Gasteiger charge is -2.21. The van der Waals surface area contributed by atoms with Crippen molar-refractivity contribution in [3.8, 4) is 0 Å². The van der Waals surface area contributed by atoms with Crippen molar-refractivity contribution in [1.29, 1.82) is 0 Å². The third kappa shape index (κ3) is 4.86. The molecule has 0 saturated carbocycles. The van der Waals surface area contributed by atoms with E-state index in [0.717, 1.165) is 13.1 Å². The third-order valence-electron chi connectivity index (χ3n) is 2.95. The Bertz CT molecular complexity index is 352. The van der Waals surface area contributed by atoms with Crippen molar-refractivity contribution in [3.05, 3.63) is 34.9 Å².